The van der Waals surface area contributed by atoms with Gasteiger partial charge in [-0.2, -0.15) is 0 Å². The van der Waals surface area contributed by atoms with Gasteiger partial charge in [-0.25, -0.2) is 0 Å². The summed E-state index contributed by atoms with van der Waals surface area (Å²) in [5, 5.41) is 9.47. The molecule has 0 aliphatic carbocycles. The van der Waals surface area contributed by atoms with Crippen LogP contribution in [0.5, 0.6) is 11.5 Å². The Kier molecular flexibility index (Phi) is 11.4. The molecule has 0 fully saturated rings. The summed E-state index contributed by atoms with van der Waals surface area (Å²) in [7, 11) is 1.63. The molecule has 200 valence electrons. The highest BCUT2D eigenvalue weighted by atomic mass is 16.5. The minimum Gasteiger partial charge on any atom is -0.496 e. The van der Waals surface area contributed by atoms with Crippen LogP contribution in [-0.2, 0) is 17.6 Å². The van der Waals surface area contributed by atoms with E-state index in [0.29, 0.717) is 5.75 Å². The Morgan fingerprint density at radius 3 is 2.09 bits per heavy atom. The Bertz CT molecular complexity index is 828. The summed E-state index contributed by atoms with van der Waals surface area (Å²) in [5.74, 6) is 3.21. The van der Waals surface area contributed by atoms with Gasteiger partial charge >= 0.3 is 5.97 Å². The van der Waals surface area contributed by atoms with Gasteiger partial charge in [0, 0.05) is 11.1 Å². The van der Waals surface area contributed by atoms with Gasteiger partial charge in [-0.1, -0.05) is 72.6 Å². The smallest absolute Gasteiger partial charge is 0.307 e. The molecule has 0 saturated heterocycles. The van der Waals surface area contributed by atoms with E-state index in [1.165, 1.54) is 51.4 Å². The minimum absolute atomic E-state index is 0.0272. The highest BCUT2D eigenvalue weighted by Crippen LogP contribution is 2.45. The maximum atomic E-state index is 11.5. The van der Waals surface area contributed by atoms with Crippen LogP contribution in [-0.4, -0.2) is 23.8 Å². The van der Waals surface area contributed by atoms with Gasteiger partial charge in [0.25, 0.3) is 0 Å². The Balaban J connectivity index is 1.88. The zero-order valence-electron chi connectivity index (χ0n) is 23.9. The number of fused-ring (bicyclic) bond motifs is 1. The number of ether oxygens (including phenoxy) is 2. The molecule has 1 N–H and O–H groups in total. The maximum Gasteiger partial charge on any atom is 0.307 e. The van der Waals surface area contributed by atoms with Crippen molar-refractivity contribution in [1.29, 1.82) is 0 Å². The summed E-state index contributed by atoms with van der Waals surface area (Å²) >= 11 is 0. The summed E-state index contributed by atoms with van der Waals surface area (Å²) < 4.78 is 12.3. The first-order valence-corrected chi connectivity index (χ1v) is 14.1. The standard InChI is InChI=1S/C31H52O4/c1-21(2)12-9-13-22(3)14-10-15-23(4)16-11-18-31(7)19-17-26-27(20-28(32)33)29(34-8)24(5)25(6)30(26)35-31/h21-23H,9-20H2,1-8H3,(H,32,33)/t22-,23-,31-/m1/s1. The third kappa shape index (κ3) is 8.72. The van der Waals surface area contributed by atoms with Crippen molar-refractivity contribution in [3.05, 3.63) is 22.3 Å². The minimum atomic E-state index is -0.832. The molecule has 0 saturated carbocycles. The van der Waals surface area contributed by atoms with Gasteiger partial charge in [0.15, 0.2) is 0 Å². The van der Waals surface area contributed by atoms with Crippen LogP contribution >= 0.6 is 0 Å². The highest BCUT2D eigenvalue weighted by Gasteiger charge is 2.35. The Morgan fingerprint density at radius 2 is 1.54 bits per heavy atom. The molecule has 1 heterocycles. The first-order chi connectivity index (χ1) is 16.5. The lowest BCUT2D eigenvalue weighted by molar-refractivity contribution is -0.136. The van der Waals surface area contributed by atoms with E-state index in [9.17, 15) is 9.90 Å². The van der Waals surface area contributed by atoms with Gasteiger partial charge in [0.05, 0.1) is 13.5 Å². The Morgan fingerprint density at radius 1 is 0.971 bits per heavy atom. The second-order valence-electron chi connectivity index (χ2n) is 12.1. The highest BCUT2D eigenvalue weighted by molar-refractivity contribution is 5.74. The molecule has 0 spiro atoms. The number of carboxylic acids is 1. The Labute approximate surface area is 215 Å². The lowest BCUT2D eigenvalue weighted by Gasteiger charge is -2.38. The second-order valence-corrected chi connectivity index (χ2v) is 12.1. The first kappa shape index (κ1) is 29.5. The number of methoxy groups -OCH3 is 1. The fraction of sp³-hybridized carbons (Fsp3) is 0.774. The van der Waals surface area contributed by atoms with E-state index in [-0.39, 0.29) is 12.0 Å². The van der Waals surface area contributed by atoms with Crippen molar-refractivity contribution in [1.82, 2.24) is 0 Å². The summed E-state index contributed by atoms with van der Waals surface area (Å²) in [5.41, 5.74) is 3.68. The van der Waals surface area contributed by atoms with E-state index in [1.54, 1.807) is 7.11 Å². The second kappa shape index (κ2) is 13.6. The summed E-state index contributed by atoms with van der Waals surface area (Å²) in [6.07, 6.45) is 13.3. The van der Waals surface area contributed by atoms with E-state index < -0.39 is 5.97 Å². The molecule has 2 rings (SSSR count). The van der Waals surface area contributed by atoms with Crippen molar-refractivity contribution in [2.24, 2.45) is 17.8 Å². The number of hydrogen-bond donors (Lipinski definition) is 1. The predicted octanol–water partition coefficient (Wildman–Crippen LogP) is 8.46. The van der Waals surface area contributed by atoms with Crippen molar-refractivity contribution >= 4 is 5.97 Å². The maximum absolute atomic E-state index is 11.5. The van der Waals surface area contributed by atoms with Crippen LogP contribution in [0.15, 0.2) is 0 Å². The van der Waals surface area contributed by atoms with Gasteiger partial charge in [-0.05, 0) is 75.3 Å². The molecule has 4 heteroatoms. The molecule has 4 nitrogen and oxygen atoms in total. The van der Waals surface area contributed by atoms with Crippen LogP contribution in [0.2, 0.25) is 0 Å². The third-order valence-electron chi connectivity index (χ3n) is 8.22. The van der Waals surface area contributed by atoms with Gasteiger partial charge in [0.2, 0.25) is 0 Å². The van der Waals surface area contributed by atoms with Gasteiger partial charge in [-0.3, -0.25) is 4.79 Å². The normalized spacial score (nSPS) is 19.2. The monoisotopic (exact) mass is 488 g/mol. The molecule has 3 atom stereocenters. The number of aliphatic carboxylic acids is 1. The van der Waals surface area contributed by atoms with Gasteiger partial charge in [-0.15, -0.1) is 0 Å². The summed E-state index contributed by atoms with van der Waals surface area (Å²) in [4.78, 5) is 11.5. The number of benzene rings is 1. The number of carbonyl (C=O) groups is 1. The summed E-state index contributed by atoms with van der Waals surface area (Å²) in [6.45, 7) is 15.8. The molecule has 0 unspecified atom stereocenters. The Hall–Kier alpha value is -1.71. The van der Waals surface area contributed by atoms with Gasteiger partial charge < -0.3 is 14.6 Å². The molecule has 0 bridgehead atoms. The van der Waals surface area contributed by atoms with E-state index in [4.69, 9.17) is 9.47 Å². The van der Waals surface area contributed by atoms with Crippen molar-refractivity contribution in [2.75, 3.05) is 7.11 Å². The fourth-order valence-corrected chi connectivity index (χ4v) is 5.75. The van der Waals surface area contributed by atoms with Crippen LogP contribution in [0.1, 0.15) is 121 Å². The van der Waals surface area contributed by atoms with Crippen molar-refractivity contribution < 1.29 is 19.4 Å². The fourth-order valence-electron chi connectivity index (χ4n) is 5.75. The van der Waals surface area contributed by atoms with Crippen LogP contribution in [0.25, 0.3) is 0 Å². The van der Waals surface area contributed by atoms with Gasteiger partial charge in [0.1, 0.15) is 17.1 Å². The molecular formula is C31H52O4. The average molecular weight is 489 g/mol. The quantitative estimate of drug-likeness (QED) is 0.269. The van der Waals surface area contributed by atoms with Crippen LogP contribution in [0.4, 0.5) is 0 Å². The molecule has 1 aromatic rings. The average Bonchev–Trinajstić information content (AvgIpc) is 2.77. The molecule has 35 heavy (non-hydrogen) atoms. The van der Waals surface area contributed by atoms with E-state index >= 15 is 0 Å². The lowest BCUT2D eigenvalue weighted by Crippen LogP contribution is -2.37. The zero-order valence-corrected chi connectivity index (χ0v) is 23.9. The van der Waals surface area contributed by atoms with Crippen LogP contribution < -0.4 is 9.47 Å². The first-order valence-electron chi connectivity index (χ1n) is 14.1. The van der Waals surface area contributed by atoms with Crippen LogP contribution in [0, 0.1) is 31.6 Å². The lowest BCUT2D eigenvalue weighted by atomic mass is 9.83. The molecule has 0 aromatic heterocycles. The SMILES string of the molecule is COc1c(C)c(C)c2c(c1CC(=O)O)CC[C@@](C)(CCC[C@H](C)CCC[C@H](C)CCCC(C)C)O2. The van der Waals surface area contributed by atoms with E-state index in [2.05, 4.69) is 41.5 Å². The van der Waals surface area contributed by atoms with E-state index in [1.807, 2.05) is 6.92 Å². The topological polar surface area (TPSA) is 55.8 Å². The number of hydrogen-bond acceptors (Lipinski definition) is 3. The molecular weight excluding hydrogens is 436 g/mol. The predicted molar refractivity (Wildman–Crippen MR) is 146 cm³/mol. The number of rotatable bonds is 15. The molecule has 1 aromatic carbocycles. The van der Waals surface area contributed by atoms with Crippen molar-refractivity contribution in [2.45, 2.75) is 131 Å². The summed E-state index contributed by atoms with van der Waals surface area (Å²) in [6, 6.07) is 0. The molecule has 1 aliphatic rings. The van der Waals surface area contributed by atoms with Crippen LogP contribution in [0.3, 0.4) is 0 Å². The zero-order chi connectivity index (χ0) is 26.2. The van der Waals surface area contributed by atoms with E-state index in [0.717, 1.165) is 65.0 Å². The molecule has 0 radical (unpaired) electrons. The number of carboxylic acid groups (broad SMARTS) is 1. The molecule has 0 amide bonds. The third-order valence-corrected chi connectivity index (χ3v) is 8.22. The largest absolute Gasteiger partial charge is 0.496 e. The van der Waals surface area contributed by atoms with Crippen molar-refractivity contribution in [3.63, 3.8) is 0 Å². The molecule has 1 aliphatic heterocycles. The van der Waals surface area contributed by atoms with Crippen molar-refractivity contribution in [3.8, 4) is 11.5 Å².